The van der Waals surface area contributed by atoms with Crippen LogP contribution in [0.4, 0.5) is 0 Å². The van der Waals surface area contributed by atoms with Crippen LogP contribution in [0.5, 0.6) is 5.75 Å². The number of rotatable bonds is 5. The lowest BCUT2D eigenvalue weighted by Gasteiger charge is -2.14. The highest BCUT2D eigenvalue weighted by atomic mass is 16.4. The molecule has 0 aliphatic heterocycles. The Balaban J connectivity index is 2.16. The highest BCUT2D eigenvalue weighted by molar-refractivity contribution is 6.03. The first-order valence-electron chi connectivity index (χ1n) is 6.72. The average Bonchev–Trinajstić information content (AvgIpc) is 2.45. The van der Waals surface area contributed by atoms with Crippen molar-refractivity contribution in [1.82, 2.24) is 5.32 Å². The Kier molecular flexibility index (Phi) is 4.42. The van der Waals surface area contributed by atoms with Crippen LogP contribution >= 0.6 is 0 Å². The molecule has 2 rings (SSSR count). The van der Waals surface area contributed by atoms with Gasteiger partial charge in [0.2, 0.25) is 0 Å². The maximum atomic E-state index is 12.1. The average molecular weight is 287 g/mol. The van der Waals surface area contributed by atoms with Gasteiger partial charge in [0, 0.05) is 17.8 Å². The highest BCUT2D eigenvalue weighted by Crippen LogP contribution is 2.28. The number of phenols is 1. The van der Waals surface area contributed by atoms with Crippen LogP contribution in [0.15, 0.2) is 36.4 Å². The molecule has 0 fully saturated rings. The molecule has 0 aliphatic rings. The molecule has 5 nitrogen and oxygen atoms in total. The van der Waals surface area contributed by atoms with Gasteiger partial charge in [-0.15, -0.1) is 0 Å². The van der Waals surface area contributed by atoms with Gasteiger partial charge in [-0.3, -0.25) is 9.59 Å². The van der Waals surface area contributed by atoms with Gasteiger partial charge in [-0.1, -0.05) is 30.3 Å². The van der Waals surface area contributed by atoms with Gasteiger partial charge in [0.15, 0.2) is 0 Å². The first-order chi connectivity index (χ1) is 9.99. The first kappa shape index (κ1) is 14.8. The van der Waals surface area contributed by atoms with Gasteiger partial charge < -0.3 is 15.5 Å². The Bertz CT molecular complexity index is 681. The number of carbonyl (C=O) groups is 2. The minimum Gasteiger partial charge on any atom is -0.506 e. The van der Waals surface area contributed by atoms with Crippen molar-refractivity contribution in [2.45, 2.75) is 25.8 Å². The summed E-state index contributed by atoms with van der Waals surface area (Å²) in [7, 11) is 0. The lowest BCUT2D eigenvalue weighted by molar-refractivity contribution is -0.137. The third kappa shape index (κ3) is 3.51. The monoisotopic (exact) mass is 287 g/mol. The second-order valence-electron chi connectivity index (χ2n) is 4.99. The van der Waals surface area contributed by atoms with E-state index in [0.29, 0.717) is 11.8 Å². The standard InChI is InChI=1S/C16H17NO4/c1-10(6-9-14(18)19)17-16(21)13-8-7-11-4-2-3-5-12(11)15(13)20/h2-5,7-8,10,20H,6,9H2,1H3,(H,17,21)(H,18,19). The second kappa shape index (κ2) is 6.26. The van der Waals surface area contributed by atoms with Crippen molar-refractivity contribution in [2.24, 2.45) is 0 Å². The van der Waals surface area contributed by atoms with Gasteiger partial charge in [-0.2, -0.15) is 0 Å². The van der Waals surface area contributed by atoms with Crippen molar-refractivity contribution in [3.8, 4) is 5.75 Å². The predicted octanol–water partition coefficient (Wildman–Crippen LogP) is 2.53. The van der Waals surface area contributed by atoms with Gasteiger partial charge in [-0.25, -0.2) is 0 Å². The van der Waals surface area contributed by atoms with Gasteiger partial charge in [-0.05, 0) is 24.8 Å². The largest absolute Gasteiger partial charge is 0.506 e. The lowest BCUT2D eigenvalue weighted by atomic mass is 10.0. The van der Waals surface area contributed by atoms with E-state index in [-0.39, 0.29) is 23.8 Å². The van der Waals surface area contributed by atoms with Crippen LogP contribution in [0.3, 0.4) is 0 Å². The third-order valence-corrected chi connectivity index (χ3v) is 3.31. The molecule has 0 bridgehead atoms. The number of hydrogen-bond acceptors (Lipinski definition) is 3. The van der Waals surface area contributed by atoms with E-state index in [1.54, 1.807) is 31.2 Å². The number of carboxylic acids is 1. The maximum Gasteiger partial charge on any atom is 0.303 e. The van der Waals surface area contributed by atoms with Crippen LogP contribution < -0.4 is 5.32 Å². The highest BCUT2D eigenvalue weighted by Gasteiger charge is 2.16. The summed E-state index contributed by atoms with van der Waals surface area (Å²) < 4.78 is 0. The molecule has 0 saturated heterocycles. The number of nitrogens with one attached hydrogen (secondary N) is 1. The number of aromatic hydroxyl groups is 1. The molecule has 110 valence electrons. The summed E-state index contributed by atoms with van der Waals surface area (Å²) in [6.45, 7) is 1.74. The van der Waals surface area contributed by atoms with Crippen LogP contribution in [-0.2, 0) is 4.79 Å². The van der Waals surface area contributed by atoms with E-state index in [9.17, 15) is 14.7 Å². The molecule has 0 aromatic heterocycles. The zero-order chi connectivity index (χ0) is 15.4. The molecule has 0 saturated carbocycles. The van der Waals surface area contributed by atoms with Gasteiger partial charge in [0.05, 0.1) is 5.56 Å². The van der Waals surface area contributed by atoms with Crippen molar-refractivity contribution in [3.05, 3.63) is 42.0 Å². The molecule has 5 heteroatoms. The van der Waals surface area contributed by atoms with E-state index < -0.39 is 11.9 Å². The zero-order valence-corrected chi connectivity index (χ0v) is 11.7. The number of carbonyl (C=O) groups excluding carboxylic acids is 1. The molecule has 1 unspecified atom stereocenters. The number of fused-ring (bicyclic) bond motifs is 1. The normalized spacial score (nSPS) is 12.0. The Morgan fingerprint density at radius 2 is 1.90 bits per heavy atom. The minimum atomic E-state index is -0.898. The molecule has 1 amide bonds. The summed E-state index contributed by atoms with van der Waals surface area (Å²) in [5.41, 5.74) is 0.191. The van der Waals surface area contributed by atoms with E-state index in [2.05, 4.69) is 5.32 Å². The molecule has 2 aromatic rings. The third-order valence-electron chi connectivity index (χ3n) is 3.31. The van der Waals surface area contributed by atoms with Crippen molar-refractivity contribution in [1.29, 1.82) is 0 Å². The van der Waals surface area contributed by atoms with Crippen molar-refractivity contribution >= 4 is 22.6 Å². The zero-order valence-electron chi connectivity index (χ0n) is 11.7. The summed E-state index contributed by atoms with van der Waals surface area (Å²) in [6.07, 6.45) is 0.334. The van der Waals surface area contributed by atoms with Crippen LogP contribution in [-0.4, -0.2) is 28.1 Å². The Labute approximate surface area is 122 Å². The van der Waals surface area contributed by atoms with E-state index in [4.69, 9.17) is 5.11 Å². The van der Waals surface area contributed by atoms with E-state index in [1.165, 1.54) is 0 Å². The van der Waals surface area contributed by atoms with Gasteiger partial charge >= 0.3 is 5.97 Å². The number of aliphatic carboxylic acids is 1. The van der Waals surface area contributed by atoms with Crippen LogP contribution in [0.2, 0.25) is 0 Å². The predicted molar refractivity (Wildman–Crippen MR) is 79.4 cm³/mol. The smallest absolute Gasteiger partial charge is 0.303 e. The van der Waals surface area contributed by atoms with Gasteiger partial charge in [0.1, 0.15) is 5.75 Å². The number of amides is 1. The Morgan fingerprint density at radius 1 is 1.19 bits per heavy atom. The number of carboxylic acid groups (broad SMARTS) is 1. The van der Waals surface area contributed by atoms with E-state index >= 15 is 0 Å². The second-order valence-corrected chi connectivity index (χ2v) is 4.99. The van der Waals surface area contributed by atoms with Gasteiger partial charge in [0.25, 0.3) is 5.91 Å². The fraction of sp³-hybridized carbons (Fsp3) is 0.250. The van der Waals surface area contributed by atoms with Crippen LogP contribution in [0, 0.1) is 0 Å². The molecule has 0 aliphatic carbocycles. The van der Waals surface area contributed by atoms with Crippen molar-refractivity contribution < 1.29 is 19.8 Å². The molecular formula is C16H17NO4. The lowest BCUT2D eigenvalue weighted by Crippen LogP contribution is -2.33. The molecule has 3 N–H and O–H groups in total. The number of hydrogen-bond donors (Lipinski definition) is 3. The molecule has 0 radical (unpaired) electrons. The summed E-state index contributed by atoms with van der Waals surface area (Å²) >= 11 is 0. The topological polar surface area (TPSA) is 86.6 Å². The van der Waals surface area contributed by atoms with Crippen molar-refractivity contribution in [2.75, 3.05) is 0 Å². The molecule has 0 heterocycles. The summed E-state index contributed by atoms with van der Waals surface area (Å²) in [4.78, 5) is 22.7. The Hall–Kier alpha value is -2.56. The fourth-order valence-corrected chi connectivity index (χ4v) is 2.15. The van der Waals surface area contributed by atoms with Crippen LogP contribution in [0.25, 0.3) is 10.8 Å². The fourth-order valence-electron chi connectivity index (χ4n) is 2.15. The minimum absolute atomic E-state index is 0.00878. The molecule has 0 spiro atoms. The van der Waals surface area contributed by atoms with Crippen LogP contribution in [0.1, 0.15) is 30.1 Å². The molecule has 21 heavy (non-hydrogen) atoms. The molecule has 1 atom stereocenters. The quantitative estimate of drug-likeness (QED) is 0.788. The summed E-state index contributed by atoms with van der Waals surface area (Å²) in [5, 5.41) is 23.0. The maximum absolute atomic E-state index is 12.1. The van der Waals surface area contributed by atoms with E-state index in [0.717, 1.165) is 5.39 Å². The number of phenolic OH excluding ortho intramolecular Hbond substituents is 1. The SMILES string of the molecule is CC(CCC(=O)O)NC(=O)c1ccc2ccccc2c1O. The summed E-state index contributed by atoms with van der Waals surface area (Å²) in [5.74, 6) is -1.36. The number of benzene rings is 2. The first-order valence-corrected chi connectivity index (χ1v) is 6.72. The molecule has 2 aromatic carbocycles. The van der Waals surface area contributed by atoms with E-state index in [1.807, 2.05) is 12.1 Å². The summed E-state index contributed by atoms with van der Waals surface area (Å²) in [6, 6.07) is 10.3. The van der Waals surface area contributed by atoms with Crippen molar-refractivity contribution in [3.63, 3.8) is 0 Å². The Morgan fingerprint density at radius 3 is 2.62 bits per heavy atom. The molecular weight excluding hydrogens is 270 g/mol.